The van der Waals surface area contributed by atoms with Crippen LogP contribution in [0.5, 0.6) is 17.2 Å². The van der Waals surface area contributed by atoms with Crippen molar-refractivity contribution >= 4 is 88.5 Å². The Morgan fingerprint density at radius 1 is 0.702 bits per heavy atom. The van der Waals surface area contributed by atoms with E-state index in [1.807, 2.05) is 27.7 Å². The molecular formula is C63H93ClMgN17O19P3. The Bertz CT molecular complexity index is 4200. The number of benzene rings is 3. The predicted molar refractivity (Wildman–Crippen MR) is 388 cm³/mol. The zero-order valence-electron chi connectivity index (χ0n) is 62.8. The quantitative estimate of drug-likeness (QED) is 0.00303. The van der Waals surface area contributed by atoms with Crippen molar-refractivity contribution in [3.63, 3.8) is 0 Å². The van der Waals surface area contributed by atoms with E-state index in [2.05, 4.69) is 71.2 Å². The molecule has 11 N–H and O–H groups in total. The molecule has 0 radical (unpaired) electrons. The monoisotopic (exact) mass is 1550 g/mol. The first-order chi connectivity index (χ1) is 49.8. The smallest absolute Gasteiger partial charge is 1.00 e. The summed E-state index contributed by atoms with van der Waals surface area (Å²) in [5, 5.41) is 82.7. The number of azide groups is 2. The van der Waals surface area contributed by atoms with E-state index >= 15 is 0 Å². The number of aromatic nitrogens is 6. The van der Waals surface area contributed by atoms with E-state index < -0.39 is 115 Å². The number of nitro benzene ring substituents is 1. The van der Waals surface area contributed by atoms with Gasteiger partial charge in [-0.1, -0.05) is 107 Å². The molecule has 0 bridgehead atoms. The number of hydrogen-bond donors (Lipinski definition) is 9. The third-order valence-electron chi connectivity index (χ3n) is 15.4. The molecule has 3 aromatic carbocycles. The number of aliphatic hydroxyl groups excluding tert-OH is 5. The zero-order chi connectivity index (χ0) is 79.0. The molecule has 0 aliphatic carbocycles. The molecule has 2 aliphatic rings. The van der Waals surface area contributed by atoms with Crippen LogP contribution < -0.4 is 47.6 Å². The van der Waals surface area contributed by atoms with Crippen LogP contribution in [-0.4, -0.2) is 175 Å². The fourth-order valence-electron chi connectivity index (χ4n) is 9.68. The maximum Gasteiger partial charge on any atom is 2.00 e. The van der Waals surface area contributed by atoms with Gasteiger partial charge in [-0.3, -0.25) is 24.2 Å². The number of rotatable bonds is 29. The van der Waals surface area contributed by atoms with E-state index in [0.29, 0.717) is 16.7 Å². The number of aliphatic hydroxyl groups is 5. The Hall–Kier alpha value is -7.59. The van der Waals surface area contributed by atoms with Crippen LogP contribution >= 0.6 is 25.1 Å². The average molecular weight is 1550 g/mol. The van der Waals surface area contributed by atoms with Gasteiger partial charge < -0.3 is 87.8 Å². The number of para-hydroxylation sites is 2. The second-order valence-electron chi connectivity index (χ2n) is 23.3. The van der Waals surface area contributed by atoms with Gasteiger partial charge in [0.25, 0.3) is 5.69 Å². The van der Waals surface area contributed by atoms with Crippen LogP contribution in [0.15, 0.2) is 132 Å². The second kappa shape index (κ2) is 43.1. The van der Waals surface area contributed by atoms with Crippen molar-refractivity contribution < 1.29 is 98.6 Å². The molecule has 0 amide bonds. The minimum absolute atomic E-state index is 0. The van der Waals surface area contributed by atoms with Crippen molar-refractivity contribution in [2.75, 3.05) is 37.9 Å². The molecule has 2 saturated heterocycles. The zero-order valence-corrected chi connectivity index (χ0v) is 62.7. The van der Waals surface area contributed by atoms with Gasteiger partial charge >= 0.3 is 66.5 Å². The minimum atomic E-state index is -4.80. The van der Waals surface area contributed by atoms with Gasteiger partial charge in [0.15, 0.2) is 23.1 Å². The summed E-state index contributed by atoms with van der Waals surface area (Å²) >= 11 is 0. The van der Waals surface area contributed by atoms with Crippen molar-refractivity contribution in [2.24, 2.45) is 22.1 Å². The molecule has 4 aromatic heterocycles. The molecule has 2 aliphatic heterocycles. The number of hydrogen-bond acceptors (Lipinski definition) is 27. The minimum Gasteiger partial charge on any atom is -1.00 e. The standard InChI is InChI=1S/C26H35N8O8P.C21H27N2O7P.C11H13N7O4.C4H9.CH4.ClH.Mg.H5P/c1-4-17(5-2)13-39-25(37)16(3)31-43(38,42-18-9-7-6-8-10-18)40-14-26(32-33-28)23(36)21(35)22(41-26)19-11-12-20-24(27)29-15-30-34(19)20;1-4-17(5-2)15-28-21(24)16(3)22-31(27,29-19-9-7-6-8-10-19)30-20-13-11-18(12-14-20)23(25)26;12-10-6-2-1-5(18(6)15-4-14-10)8-7(20)9(21)11(3-19,22-8)16-17-13;1-4(2)3;;;;/h6-12,15-17,21-23,35-36H,4-5,13-14H2,1-3H3,(H,31,38)(H2,27,29,30);6-14,16-17H,4-5,15H2,1-3H3,(H,22,27);1-2,4,7-9,19-21H,3H2,(H2,12,14,15);1-3H3;1H4;1H;;1H5/q;;;-1;;;+2;/p-1/t16-,21-,22-,23-,26+,43?;16-,31?;7-,8-,9-,11+;;;;;/m000...../s1/i;;;;;;;1D5. The van der Waals surface area contributed by atoms with E-state index in [1.165, 1.54) is 77.8 Å². The number of nitro groups is 1. The van der Waals surface area contributed by atoms with E-state index in [4.69, 9.17) is 60.4 Å². The number of anilines is 2. The van der Waals surface area contributed by atoms with Crippen molar-refractivity contribution in [3.8, 4) is 17.2 Å². The van der Waals surface area contributed by atoms with Gasteiger partial charge in [-0.05, 0) is 97.4 Å². The topological polar surface area (TPSA) is 520 Å². The number of carbonyl (C=O) groups is 2. The van der Waals surface area contributed by atoms with Gasteiger partial charge in [0.05, 0.1) is 42.7 Å². The maximum absolute atomic E-state index is 14.0. The average Bonchev–Trinajstić information content (AvgIpc) is 1.60. The van der Waals surface area contributed by atoms with Crippen LogP contribution in [0.1, 0.15) is 119 Å². The van der Waals surface area contributed by atoms with E-state index in [-0.39, 0.29) is 108 Å². The summed E-state index contributed by atoms with van der Waals surface area (Å²) in [5.74, 6) is 1.44. The Labute approximate surface area is 632 Å². The number of nitrogens with one attached hydrogen (secondary N) is 2. The summed E-state index contributed by atoms with van der Waals surface area (Å²) in [7, 11) is -13.3. The fourth-order valence-corrected chi connectivity index (χ4v) is 12.7. The molecule has 36 nitrogen and oxygen atoms in total. The van der Waals surface area contributed by atoms with Gasteiger partial charge in [-0.25, -0.2) is 28.1 Å². The second-order valence-corrected chi connectivity index (χ2v) is 26.6. The Kier molecular flexibility index (Phi) is 34.7. The summed E-state index contributed by atoms with van der Waals surface area (Å²) in [5.41, 5.74) is 26.8. The molecule has 7 aromatic rings. The van der Waals surface area contributed by atoms with Crippen molar-refractivity contribution in [3.05, 3.63) is 170 Å². The number of carbonyl (C=O) groups excluding carboxylic acids is 2. The van der Waals surface area contributed by atoms with Gasteiger partial charge in [0, 0.05) is 22.0 Å². The molecule has 12 atom stereocenters. The Balaban J connectivity index is 0.000000535. The molecule has 568 valence electrons. The van der Waals surface area contributed by atoms with Gasteiger partial charge in [-0.15, -0.1) is 0 Å². The maximum atomic E-state index is 14.0. The first-order valence-electron chi connectivity index (χ1n) is 33.7. The van der Waals surface area contributed by atoms with Crippen LogP contribution in [0.3, 0.4) is 0 Å². The van der Waals surface area contributed by atoms with E-state index in [0.717, 1.165) is 25.7 Å². The van der Waals surface area contributed by atoms with Crippen molar-refractivity contribution in [1.29, 1.82) is 6.39 Å². The number of ether oxygens (including phenoxy) is 4. The molecule has 0 saturated carbocycles. The SMILES string of the molecule is C.CCC(CC)COC(=O)[C@H](C)NP(=O)(OC[C@@]1(N=[N+]=[N-])O[C@@H](c2ccc3c(N)ncnn23)[C@H](O)[C@@H]1O)Oc1ccccc1.CCC(CC)COC(=O)[C@H](C)NP(=O)(Oc1ccccc1)Oc1ccc([N+](=O)[O-])cc1.C[C-](C)C.[2H]P([2H])([2H])([2H])[2H].[Cl-].[Mg+2].[N-]=[N+]=N[C@]1(CO)O[C@@H](c2ccc3c(N)ncnn23)[C@H](O)[C@@H]1O. The van der Waals surface area contributed by atoms with Gasteiger partial charge in [0.1, 0.15) is 89.6 Å². The molecule has 0 spiro atoms. The number of fused-ring (bicyclic) bond motifs is 2. The molecular weight excluding hydrogens is 1450 g/mol. The number of non-ortho nitro benzene ring substituents is 1. The Morgan fingerprint density at radius 2 is 1.07 bits per heavy atom. The van der Waals surface area contributed by atoms with Gasteiger partial charge in [0.2, 0.25) is 0 Å². The van der Waals surface area contributed by atoms with Crippen LogP contribution in [-0.2, 0) is 42.2 Å². The molecule has 104 heavy (non-hydrogen) atoms. The first-order valence-corrected chi connectivity index (χ1v) is 34.6. The van der Waals surface area contributed by atoms with Crippen LogP contribution in [0.4, 0.5) is 17.3 Å². The summed E-state index contributed by atoms with van der Waals surface area (Å²) < 4.78 is 105. The summed E-state index contributed by atoms with van der Waals surface area (Å²) in [4.78, 5) is 48.5. The number of nitrogens with zero attached hydrogens (tertiary/aromatic N) is 13. The number of nitrogen functional groups attached to an aromatic ring is 2. The third-order valence-corrected chi connectivity index (χ3v) is 18.6. The predicted octanol–water partition coefficient (Wildman–Crippen LogP) is 5.90. The van der Waals surface area contributed by atoms with Crippen LogP contribution in [0.25, 0.3) is 31.9 Å². The number of esters is 2. The van der Waals surface area contributed by atoms with E-state index in [9.17, 15) is 59.9 Å². The molecule has 2 unspecified atom stereocenters. The summed E-state index contributed by atoms with van der Waals surface area (Å²) in [6, 6.07) is 25.6. The molecule has 9 rings (SSSR count). The normalized spacial score (nSPS) is 22.1. The first kappa shape index (κ1) is 83.7. The van der Waals surface area contributed by atoms with E-state index in [1.54, 1.807) is 72.8 Å². The third kappa shape index (κ3) is 24.5. The van der Waals surface area contributed by atoms with Crippen molar-refractivity contribution in [1.82, 2.24) is 39.4 Å². The summed E-state index contributed by atoms with van der Waals surface area (Å²) in [6.45, 7) is 16.0. The molecule has 2 fully saturated rings. The molecule has 6 heterocycles. The number of nitrogens with two attached hydrogens (primary N) is 2. The summed E-state index contributed by atoms with van der Waals surface area (Å²) in [6.07, 6.45) is -3.00. The van der Waals surface area contributed by atoms with Crippen LogP contribution in [0.2, 0.25) is 0 Å². The van der Waals surface area contributed by atoms with Crippen molar-refractivity contribution in [2.45, 2.75) is 156 Å². The fraction of sp³-hybridized carbons (Fsp3) is 0.476. The largest absolute Gasteiger partial charge is 2.00 e. The molecule has 41 heteroatoms. The van der Waals surface area contributed by atoms with Crippen LogP contribution in [0, 0.1) is 27.9 Å². The Morgan fingerprint density at radius 3 is 1.45 bits per heavy atom. The van der Waals surface area contributed by atoms with Gasteiger partial charge in [-0.2, -0.15) is 41.1 Å². The number of halogens is 1.